The molecule has 0 saturated carbocycles. The molecule has 2 aromatic heterocycles. The molecule has 0 aliphatic rings. The molecule has 2 heterocycles. The Balaban J connectivity index is 1.62. The monoisotopic (exact) mass is 423 g/mol. The van der Waals surface area contributed by atoms with E-state index in [0.29, 0.717) is 21.8 Å². The largest absolute Gasteiger partial charge is 0.395 e. The molecule has 4 rings (SSSR count). The summed E-state index contributed by atoms with van der Waals surface area (Å²) in [6.07, 6.45) is 1.59. The second-order valence-corrected chi connectivity index (χ2v) is 7.61. The van der Waals surface area contributed by atoms with Crippen molar-refractivity contribution in [3.63, 3.8) is 0 Å². The summed E-state index contributed by atoms with van der Waals surface area (Å²) in [6, 6.07) is 13.4. The average molecular weight is 423 g/mol. The smallest absolute Gasteiger partial charge is 0.283 e. The number of halogens is 1. The lowest BCUT2D eigenvalue weighted by molar-refractivity contribution is 0.0707. The summed E-state index contributed by atoms with van der Waals surface area (Å²) < 4.78 is 14.3. The molecule has 30 heavy (non-hydrogen) atoms. The number of thiazole rings is 1. The van der Waals surface area contributed by atoms with Crippen LogP contribution in [0.2, 0.25) is 0 Å². The van der Waals surface area contributed by atoms with Gasteiger partial charge in [0, 0.05) is 24.8 Å². The number of aliphatic hydroxyl groups is 1. The van der Waals surface area contributed by atoms with Gasteiger partial charge in [-0.25, -0.2) is 19.3 Å². The summed E-state index contributed by atoms with van der Waals surface area (Å²) in [6.45, 7) is 0.0977. The van der Waals surface area contributed by atoms with E-state index in [9.17, 15) is 14.3 Å². The molecule has 4 aromatic rings. The van der Waals surface area contributed by atoms with Gasteiger partial charge in [0.1, 0.15) is 5.82 Å². The van der Waals surface area contributed by atoms with Gasteiger partial charge in [0.25, 0.3) is 5.91 Å². The Morgan fingerprint density at radius 2 is 2.03 bits per heavy atom. The SMILES string of the molecule is Nc1nccc(-c2ccc3nc(C(=O)N(CCO)Cc4cccc(F)c4)sc3c2)n1. The number of anilines is 1. The van der Waals surface area contributed by atoms with Gasteiger partial charge < -0.3 is 15.7 Å². The number of nitrogen functional groups attached to an aromatic ring is 1. The topological polar surface area (TPSA) is 105 Å². The highest BCUT2D eigenvalue weighted by Gasteiger charge is 2.20. The summed E-state index contributed by atoms with van der Waals surface area (Å²) in [5.41, 5.74) is 8.50. The van der Waals surface area contributed by atoms with Gasteiger partial charge in [-0.05, 0) is 35.9 Å². The molecule has 0 radical (unpaired) electrons. The fourth-order valence-corrected chi connectivity index (χ4v) is 4.05. The van der Waals surface area contributed by atoms with Crippen molar-refractivity contribution in [2.75, 3.05) is 18.9 Å². The van der Waals surface area contributed by atoms with E-state index in [0.717, 1.165) is 10.3 Å². The van der Waals surface area contributed by atoms with E-state index in [1.807, 2.05) is 18.2 Å². The van der Waals surface area contributed by atoms with Gasteiger partial charge >= 0.3 is 0 Å². The lowest BCUT2D eigenvalue weighted by atomic mass is 10.1. The molecule has 0 aliphatic heterocycles. The van der Waals surface area contributed by atoms with Crippen molar-refractivity contribution in [3.8, 4) is 11.3 Å². The van der Waals surface area contributed by atoms with Crippen LogP contribution in [0.3, 0.4) is 0 Å². The summed E-state index contributed by atoms with van der Waals surface area (Å²) >= 11 is 1.25. The fourth-order valence-electron chi connectivity index (χ4n) is 3.07. The fraction of sp³-hybridized carbons (Fsp3) is 0.143. The zero-order valence-electron chi connectivity index (χ0n) is 15.8. The van der Waals surface area contributed by atoms with E-state index in [2.05, 4.69) is 15.0 Å². The number of aromatic nitrogens is 3. The third-order valence-corrected chi connectivity index (χ3v) is 5.47. The van der Waals surface area contributed by atoms with Crippen molar-refractivity contribution >= 4 is 33.4 Å². The number of carbonyl (C=O) groups excluding carboxylic acids is 1. The molecule has 3 N–H and O–H groups in total. The first-order valence-electron chi connectivity index (χ1n) is 9.17. The van der Waals surface area contributed by atoms with Gasteiger partial charge in [-0.15, -0.1) is 11.3 Å². The molecule has 1 amide bonds. The van der Waals surface area contributed by atoms with Crippen LogP contribution in [0.25, 0.3) is 21.5 Å². The zero-order chi connectivity index (χ0) is 21.1. The normalized spacial score (nSPS) is 11.0. The minimum atomic E-state index is -0.373. The van der Waals surface area contributed by atoms with Crippen molar-refractivity contribution in [1.29, 1.82) is 0 Å². The lowest BCUT2D eigenvalue weighted by Crippen LogP contribution is -2.33. The summed E-state index contributed by atoms with van der Waals surface area (Å²) in [5.74, 6) is -0.506. The van der Waals surface area contributed by atoms with E-state index < -0.39 is 0 Å². The highest BCUT2D eigenvalue weighted by Crippen LogP contribution is 2.28. The third kappa shape index (κ3) is 4.27. The van der Waals surface area contributed by atoms with Crippen LogP contribution in [0.4, 0.5) is 10.3 Å². The first-order valence-corrected chi connectivity index (χ1v) is 9.99. The molecule has 2 aromatic carbocycles. The number of fused-ring (bicyclic) bond motifs is 1. The number of hydrogen-bond acceptors (Lipinski definition) is 7. The first kappa shape index (κ1) is 19.9. The Bertz CT molecular complexity index is 1210. The number of aliphatic hydroxyl groups excluding tert-OH is 1. The lowest BCUT2D eigenvalue weighted by Gasteiger charge is -2.20. The molecular weight excluding hydrogens is 405 g/mol. The Morgan fingerprint density at radius 1 is 1.17 bits per heavy atom. The second kappa shape index (κ2) is 8.52. The van der Waals surface area contributed by atoms with E-state index in [4.69, 9.17) is 5.73 Å². The number of nitrogens with zero attached hydrogens (tertiary/aromatic N) is 4. The van der Waals surface area contributed by atoms with Crippen molar-refractivity contribution in [2.45, 2.75) is 6.54 Å². The van der Waals surface area contributed by atoms with E-state index in [1.165, 1.54) is 28.4 Å². The van der Waals surface area contributed by atoms with Crippen molar-refractivity contribution in [2.24, 2.45) is 0 Å². The average Bonchev–Trinajstić information content (AvgIpc) is 3.16. The van der Waals surface area contributed by atoms with Crippen LogP contribution < -0.4 is 5.73 Å². The maximum atomic E-state index is 13.5. The standard InChI is InChI=1S/C21H18FN5O2S/c22-15-3-1-2-13(10-15)12-27(8-9-28)20(29)19-25-17-5-4-14(11-18(17)30-19)16-6-7-24-21(23)26-16/h1-7,10-11,28H,8-9,12H2,(H2,23,24,26). The molecule has 7 nitrogen and oxygen atoms in total. The molecule has 152 valence electrons. The van der Waals surface area contributed by atoms with Crippen molar-refractivity contribution in [1.82, 2.24) is 19.9 Å². The highest BCUT2D eigenvalue weighted by atomic mass is 32.1. The van der Waals surface area contributed by atoms with Crippen LogP contribution in [0, 0.1) is 5.82 Å². The number of nitrogens with two attached hydrogens (primary N) is 1. The third-order valence-electron chi connectivity index (χ3n) is 4.46. The quantitative estimate of drug-likeness (QED) is 0.494. The molecule has 0 saturated heterocycles. The minimum Gasteiger partial charge on any atom is -0.395 e. The maximum Gasteiger partial charge on any atom is 0.283 e. The Kier molecular flexibility index (Phi) is 5.64. The highest BCUT2D eigenvalue weighted by molar-refractivity contribution is 7.20. The van der Waals surface area contributed by atoms with Gasteiger partial charge in [-0.2, -0.15) is 0 Å². The van der Waals surface area contributed by atoms with Crippen LogP contribution in [-0.2, 0) is 6.54 Å². The molecule has 9 heteroatoms. The van der Waals surface area contributed by atoms with Crippen molar-refractivity contribution in [3.05, 3.63) is 71.1 Å². The summed E-state index contributed by atoms with van der Waals surface area (Å²) in [7, 11) is 0. The molecule has 0 bridgehead atoms. The molecular formula is C21H18FN5O2S. The van der Waals surface area contributed by atoms with Gasteiger partial charge in [-0.3, -0.25) is 4.79 Å². The second-order valence-electron chi connectivity index (χ2n) is 6.58. The number of amides is 1. The first-order chi connectivity index (χ1) is 14.5. The van der Waals surface area contributed by atoms with Gasteiger partial charge in [0.05, 0.1) is 22.5 Å². The van der Waals surface area contributed by atoms with E-state index in [-0.39, 0.29) is 37.4 Å². The van der Waals surface area contributed by atoms with Crippen LogP contribution in [-0.4, -0.2) is 44.0 Å². The summed E-state index contributed by atoms with van der Waals surface area (Å²) in [4.78, 5) is 27.0. The van der Waals surface area contributed by atoms with Crippen LogP contribution in [0.1, 0.15) is 15.4 Å². The van der Waals surface area contributed by atoms with Gasteiger partial charge in [-0.1, -0.05) is 18.2 Å². The number of hydrogen-bond donors (Lipinski definition) is 2. The van der Waals surface area contributed by atoms with Crippen LogP contribution in [0.5, 0.6) is 0 Å². The van der Waals surface area contributed by atoms with Gasteiger partial charge in [0.2, 0.25) is 5.95 Å². The Hall–Kier alpha value is -3.43. The molecule has 0 fully saturated rings. The van der Waals surface area contributed by atoms with Crippen LogP contribution in [0.15, 0.2) is 54.7 Å². The number of carbonyl (C=O) groups is 1. The van der Waals surface area contributed by atoms with Gasteiger partial charge in [0.15, 0.2) is 5.01 Å². The predicted molar refractivity (Wildman–Crippen MR) is 113 cm³/mol. The summed E-state index contributed by atoms with van der Waals surface area (Å²) in [5, 5.41) is 9.68. The minimum absolute atomic E-state index is 0.122. The number of benzene rings is 2. The molecule has 0 atom stereocenters. The van der Waals surface area contributed by atoms with Crippen LogP contribution >= 0.6 is 11.3 Å². The van der Waals surface area contributed by atoms with E-state index >= 15 is 0 Å². The Labute approximate surface area is 175 Å². The maximum absolute atomic E-state index is 13.5. The molecule has 0 unspecified atom stereocenters. The molecule has 0 aliphatic carbocycles. The number of rotatable bonds is 6. The zero-order valence-corrected chi connectivity index (χ0v) is 16.6. The van der Waals surface area contributed by atoms with Crippen molar-refractivity contribution < 1.29 is 14.3 Å². The van der Waals surface area contributed by atoms with E-state index in [1.54, 1.807) is 24.4 Å². The Morgan fingerprint density at radius 3 is 2.80 bits per heavy atom. The molecule has 0 spiro atoms. The predicted octanol–water partition coefficient (Wildman–Crippen LogP) is 3.11.